The summed E-state index contributed by atoms with van der Waals surface area (Å²) in [6.45, 7) is 9.78. The predicted molar refractivity (Wildman–Crippen MR) is 91.8 cm³/mol. The smallest absolute Gasteiger partial charge is 0.0702 e. The molecule has 0 radical (unpaired) electrons. The molecule has 2 aliphatic rings. The van der Waals surface area contributed by atoms with E-state index in [-0.39, 0.29) is 5.60 Å². The summed E-state index contributed by atoms with van der Waals surface area (Å²) < 4.78 is 6.22. The van der Waals surface area contributed by atoms with Gasteiger partial charge in [0.2, 0.25) is 0 Å². The van der Waals surface area contributed by atoms with Gasteiger partial charge in [-0.3, -0.25) is 0 Å². The van der Waals surface area contributed by atoms with Crippen LogP contribution in [0, 0.1) is 17.8 Å². The van der Waals surface area contributed by atoms with Gasteiger partial charge >= 0.3 is 0 Å². The third-order valence-corrected chi connectivity index (χ3v) is 6.17. The molecular formula is C18H34O2S. The average molecular weight is 315 g/mol. The van der Waals surface area contributed by atoms with Gasteiger partial charge in [0.15, 0.2) is 0 Å². The van der Waals surface area contributed by atoms with Gasteiger partial charge < -0.3 is 9.84 Å². The van der Waals surface area contributed by atoms with Crippen LogP contribution in [-0.2, 0) is 4.74 Å². The molecule has 0 aromatic rings. The molecule has 1 spiro atoms. The molecule has 3 heteroatoms. The Bertz CT molecular complexity index is 306. The molecule has 0 aromatic carbocycles. The van der Waals surface area contributed by atoms with Crippen LogP contribution in [-0.4, -0.2) is 34.4 Å². The zero-order valence-corrected chi connectivity index (χ0v) is 15.2. The zero-order valence-electron chi connectivity index (χ0n) is 14.4. The first kappa shape index (κ1) is 17.6. The SMILES string of the molecule is CC(C)CC(O)(CC(C)C)C1CCOC2(CCSCC2)C1. The highest BCUT2D eigenvalue weighted by molar-refractivity contribution is 7.99. The molecule has 2 heterocycles. The first-order chi connectivity index (χ1) is 9.85. The Morgan fingerprint density at radius 1 is 1.14 bits per heavy atom. The van der Waals surface area contributed by atoms with Gasteiger partial charge in [-0.05, 0) is 67.8 Å². The standard InChI is InChI=1S/C18H34O2S/c1-14(2)11-18(19,12-15(3)4)16-5-8-20-17(13-16)6-9-21-10-7-17/h14-16,19H,5-13H2,1-4H3. The van der Waals surface area contributed by atoms with E-state index in [0.717, 1.165) is 32.3 Å². The molecule has 0 aliphatic carbocycles. The molecule has 2 saturated heterocycles. The molecule has 2 rings (SSSR count). The summed E-state index contributed by atoms with van der Waals surface area (Å²) in [4.78, 5) is 0. The minimum Gasteiger partial charge on any atom is -0.390 e. The van der Waals surface area contributed by atoms with E-state index in [2.05, 4.69) is 39.5 Å². The van der Waals surface area contributed by atoms with Crippen molar-refractivity contribution in [1.29, 1.82) is 0 Å². The summed E-state index contributed by atoms with van der Waals surface area (Å²) in [7, 11) is 0. The number of thioether (sulfide) groups is 1. The van der Waals surface area contributed by atoms with E-state index >= 15 is 0 Å². The lowest BCUT2D eigenvalue weighted by atomic mass is 9.68. The summed E-state index contributed by atoms with van der Waals surface area (Å²) in [5.74, 6) is 3.96. The maximum atomic E-state index is 11.4. The van der Waals surface area contributed by atoms with Crippen LogP contribution in [0.1, 0.15) is 66.2 Å². The molecular weight excluding hydrogens is 280 g/mol. The quantitative estimate of drug-likeness (QED) is 0.810. The van der Waals surface area contributed by atoms with Crippen LogP contribution in [0.5, 0.6) is 0 Å². The monoisotopic (exact) mass is 314 g/mol. The lowest BCUT2D eigenvalue weighted by Gasteiger charge is -2.49. The predicted octanol–water partition coefficient (Wildman–Crippen LogP) is 4.50. The fourth-order valence-corrected chi connectivity index (χ4v) is 5.65. The van der Waals surface area contributed by atoms with E-state index in [0.29, 0.717) is 17.8 Å². The number of hydrogen-bond donors (Lipinski definition) is 1. The van der Waals surface area contributed by atoms with E-state index in [9.17, 15) is 5.11 Å². The summed E-state index contributed by atoms with van der Waals surface area (Å²) in [5.41, 5.74) is -0.417. The molecule has 2 aliphatic heterocycles. The third-order valence-electron chi connectivity index (χ3n) is 5.18. The van der Waals surface area contributed by atoms with Gasteiger partial charge in [0, 0.05) is 6.61 Å². The summed E-state index contributed by atoms with van der Waals surface area (Å²) in [6.07, 6.45) is 6.32. The fraction of sp³-hybridized carbons (Fsp3) is 1.00. The highest BCUT2D eigenvalue weighted by atomic mass is 32.2. The molecule has 1 N–H and O–H groups in total. The van der Waals surface area contributed by atoms with Crippen molar-refractivity contribution < 1.29 is 9.84 Å². The van der Waals surface area contributed by atoms with Crippen molar-refractivity contribution in [3.63, 3.8) is 0 Å². The number of ether oxygens (including phenoxy) is 1. The Morgan fingerprint density at radius 3 is 2.24 bits per heavy atom. The van der Waals surface area contributed by atoms with Gasteiger partial charge in [0.05, 0.1) is 11.2 Å². The van der Waals surface area contributed by atoms with Crippen LogP contribution in [0.3, 0.4) is 0 Å². The van der Waals surface area contributed by atoms with Gasteiger partial charge in [-0.1, -0.05) is 27.7 Å². The molecule has 0 amide bonds. The van der Waals surface area contributed by atoms with Crippen LogP contribution in [0.2, 0.25) is 0 Å². The topological polar surface area (TPSA) is 29.5 Å². The molecule has 0 saturated carbocycles. The van der Waals surface area contributed by atoms with Crippen molar-refractivity contribution in [2.45, 2.75) is 77.4 Å². The fourth-order valence-electron chi connectivity index (χ4n) is 4.41. The Balaban J connectivity index is 2.11. The normalized spacial score (nSPS) is 26.7. The molecule has 2 fully saturated rings. The second kappa shape index (κ2) is 7.23. The van der Waals surface area contributed by atoms with Gasteiger partial charge in [-0.25, -0.2) is 0 Å². The molecule has 124 valence electrons. The Labute approximate surface area is 135 Å². The lowest BCUT2D eigenvalue weighted by Crippen LogP contribution is -2.51. The minimum atomic E-state index is -0.496. The van der Waals surface area contributed by atoms with E-state index < -0.39 is 5.60 Å². The van der Waals surface area contributed by atoms with Crippen LogP contribution < -0.4 is 0 Å². The average Bonchev–Trinajstić information content (AvgIpc) is 2.37. The third kappa shape index (κ3) is 4.62. The molecule has 21 heavy (non-hydrogen) atoms. The van der Waals surface area contributed by atoms with Crippen LogP contribution in [0.25, 0.3) is 0 Å². The van der Waals surface area contributed by atoms with E-state index in [1.807, 2.05) is 0 Å². The van der Waals surface area contributed by atoms with Crippen molar-refractivity contribution in [2.24, 2.45) is 17.8 Å². The molecule has 0 bridgehead atoms. The number of rotatable bonds is 5. The second-order valence-corrected chi connectivity index (χ2v) is 9.36. The lowest BCUT2D eigenvalue weighted by molar-refractivity contribution is -0.155. The van der Waals surface area contributed by atoms with Crippen molar-refractivity contribution in [1.82, 2.24) is 0 Å². The van der Waals surface area contributed by atoms with E-state index in [4.69, 9.17) is 4.74 Å². The summed E-state index contributed by atoms with van der Waals surface area (Å²) in [6, 6.07) is 0. The van der Waals surface area contributed by atoms with Crippen molar-refractivity contribution >= 4 is 11.8 Å². The van der Waals surface area contributed by atoms with Crippen LogP contribution >= 0.6 is 11.8 Å². The second-order valence-electron chi connectivity index (χ2n) is 8.13. The van der Waals surface area contributed by atoms with Crippen LogP contribution in [0.15, 0.2) is 0 Å². The highest BCUT2D eigenvalue weighted by Crippen LogP contribution is 2.46. The summed E-state index contributed by atoms with van der Waals surface area (Å²) >= 11 is 2.05. The van der Waals surface area contributed by atoms with E-state index in [1.54, 1.807) is 0 Å². The Morgan fingerprint density at radius 2 is 1.71 bits per heavy atom. The number of hydrogen-bond acceptors (Lipinski definition) is 3. The van der Waals surface area contributed by atoms with Gasteiger partial charge in [0.1, 0.15) is 0 Å². The minimum absolute atomic E-state index is 0.0795. The first-order valence-electron chi connectivity index (χ1n) is 8.79. The van der Waals surface area contributed by atoms with E-state index in [1.165, 1.54) is 24.3 Å². The van der Waals surface area contributed by atoms with Crippen molar-refractivity contribution in [3.05, 3.63) is 0 Å². The molecule has 1 unspecified atom stereocenters. The molecule has 1 atom stereocenters. The molecule has 2 nitrogen and oxygen atoms in total. The highest BCUT2D eigenvalue weighted by Gasteiger charge is 2.46. The zero-order chi connectivity index (χ0) is 15.5. The maximum absolute atomic E-state index is 11.4. The van der Waals surface area contributed by atoms with Gasteiger partial charge in [-0.2, -0.15) is 11.8 Å². The Hall–Kier alpha value is 0.270. The maximum Gasteiger partial charge on any atom is 0.0702 e. The first-order valence-corrected chi connectivity index (χ1v) is 9.95. The van der Waals surface area contributed by atoms with Gasteiger partial charge in [-0.15, -0.1) is 0 Å². The van der Waals surface area contributed by atoms with Crippen molar-refractivity contribution in [3.8, 4) is 0 Å². The number of aliphatic hydroxyl groups is 1. The summed E-state index contributed by atoms with van der Waals surface area (Å²) in [5, 5.41) is 11.4. The molecule has 0 aromatic heterocycles. The van der Waals surface area contributed by atoms with Gasteiger partial charge in [0.25, 0.3) is 0 Å². The van der Waals surface area contributed by atoms with Crippen LogP contribution in [0.4, 0.5) is 0 Å². The Kier molecular flexibility index (Phi) is 6.07. The van der Waals surface area contributed by atoms with Crippen molar-refractivity contribution in [2.75, 3.05) is 18.1 Å². The largest absolute Gasteiger partial charge is 0.390 e.